The number of aryl methyl sites for hydroxylation is 1. The number of unbranched alkanes of at least 4 members (excludes halogenated alkanes) is 2. The summed E-state index contributed by atoms with van der Waals surface area (Å²) in [6.07, 6.45) is 4.95. The number of halogens is 1. The average molecular weight is 1100 g/mol. The monoisotopic (exact) mass is 1100 g/mol. The number of imide groups is 1. The SMILES string of the molecule is CC[C@@]1(O)C(=O)OCc2c1cc1n(c2=O)Cc2c-1nc1cc(F)c(C)c3c1c2[C@@H](NC(=O)COCN(C)C(=O)CN(C)C(=O)[C@H](Cc1ccccc1)N(C)C(=O)CN(C)C(=O)CN(C)C(=O)CCCCCN1C(=O)C=CC1=O)CC3. The van der Waals surface area contributed by atoms with Crippen molar-refractivity contribution in [3.05, 3.63) is 110 Å². The summed E-state index contributed by atoms with van der Waals surface area (Å²) in [4.78, 5) is 144. The van der Waals surface area contributed by atoms with Gasteiger partial charge in [-0.15, -0.1) is 0 Å². The van der Waals surface area contributed by atoms with Crippen molar-refractivity contribution in [2.24, 2.45) is 0 Å². The Morgan fingerprint density at radius 1 is 0.850 bits per heavy atom. The van der Waals surface area contributed by atoms with E-state index in [4.69, 9.17) is 14.5 Å². The van der Waals surface area contributed by atoms with Crippen LogP contribution in [-0.4, -0.2) is 178 Å². The molecule has 0 saturated carbocycles. The van der Waals surface area contributed by atoms with Gasteiger partial charge >= 0.3 is 5.97 Å². The predicted octanol–water partition coefficient (Wildman–Crippen LogP) is 1.99. The van der Waals surface area contributed by atoms with Crippen molar-refractivity contribution in [2.75, 3.05) is 74.8 Å². The molecular formula is C57H66FN9O13. The molecule has 5 heterocycles. The molecule has 2 aromatic heterocycles. The summed E-state index contributed by atoms with van der Waals surface area (Å²) in [5.41, 5.74) is 1.92. The number of pyridine rings is 2. The number of nitrogens with one attached hydrogen (secondary N) is 1. The highest BCUT2D eigenvalue weighted by Gasteiger charge is 2.46. The highest BCUT2D eigenvalue weighted by Crippen LogP contribution is 2.46. The van der Waals surface area contributed by atoms with E-state index in [-0.39, 0.29) is 81.1 Å². The number of carbonyl (C=O) groups excluding carboxylic acids is 9. The van der Waals surface area contributed by atoms with E-state index in [1.54, 1.807) is 50.2 Å². The summed E-state index contributed by atoms with van der Waals surface area (Å²) in [7, 11) is 7.18. The van der Waals surface area contributed by atoms with Crippen LogP contribution in [0, 0.1) is 12.7 Å². The van der Waals surface area contributed by atoms with Crippen LogP contribution in [0.2, 0.25) is 0 Å². The number of hydrogen-bond donors (Lipinski definition) is 2. The molecule has 0 fully saturated rings. The summed E-state index contributed by atoms with van der Waals surface area (Å²) >= 11 is 0. The molecule has 424 valence electrons. The van der Waals surface area contributed by atoms with Crippen molar-refractivity contribution in [3.8, 4) is 11.4 Å². The number of benzene rings is 2. The van der Waals surface area contributed by atoms with Crippen molar-refractivity contribution in [2.45, 2.75) is 96.1 Å². The number of fused-ring (bicyclic) bond motifs is 5. The number of cyclic esters (lactones) is 1. The second kappa shape index (κ2) is 24.0. The van der Waals surface area contributed by atoms with Crippen molar-refractivity contribution in [1.29, 1.82) is 0 Å². The van der Waals surface area contributed by atoms with Crippen LogP contribution in [0.15, 0.2) is 59.4 Å². The maximum atomic E-state index is 15.5. The zero-order chi connectivity index (χ0) is 57.9. The van der Waals surface area contributed by atoms with Gasteiger partial charge in [-0.3, -0.25) is 48.1 Å². The van der Waals surface area contributed by atoms with Crippen molar-refractivity contribution in [3.63, 3.8) is 0 Å². The number of aromatic nitrogens is 2. The first-order valence-corrected chi connectivity index (χ1v) is 26.5. The molecule has 8 rings (SSSR count). The standard InChI is InChI=1S/C57H66FN9O13/c1-8-57(78)38-24-42-53-36(26-67(42)54(75)37(38)30-80-56(57)77)52-40(19-18-35-33(2)39(58)25-41(60-53)51(35)52)59-44(68)31-79-32-64(6)49(73)28-63(5)55(76)43(23-34-15-11-9-12-16-34)65(7)50(74)29-62(4)48(72)27-61(3)45(69)17-13-10-14-22-66-46(70)20-21-47(66)71/h9,11-12,15-16,20-21,24-25,40,43,78H,8,10,13-14,17-19,22-23,26-32H2,1-7H3,(H,59,68)/t40-,43-,57-/m0/s1. The lowest BCUT2D eigenvalue weighted by Crippen LogP contribution is -2.53. The first kappa shape index (κ1) is 58.0. The third kappa shape index (κ3) is 11.7. The topological polar surface area (TPSA) is 259 Å². The zero-order valence-electron chi connectivity index (χ0n) is 46.0. The van der Waals surface area contributed by atoms with Crippen LogP contribution in [0.25, 0.3) is 22.3 Å². The summed E-state index contributed by atoms with van der Waals surface area (Å²) < 4.78 is 27.9. The lowest BCUT2D eigenvalue weighted by Gasteiger charge is -2.32. The third-order valence-corrected chi connectivity index (χ3v) is 15.6. The smallest absolute Gasteiger partial charge is 0.343 e. The highest BCUT2D eigenvalue weighted by molar-refractivity contribution is 6.12. The first-order chi connectivity index (χ1) is 38.0. The molecule has 0 bridgehead atoms. The van der Waals surface area contributed by atoms with Gasteiger partial charge in [0.05, 0.1) is 54.7 Å². The summed E-state index contributed by atoms with van der Waals surface area (Å²) in [6, 6.07) is 10.1. The van der Waals surface area contributed by atoms with E-state index in [0.29, 0.717) is 71.1 Å². The zero-order valence-corrected chi connectivity index (χ0v) is 46.0. The van der Waals surface area contributed by atoms with Gasteiger partial charge in [0.1, 0.15) is 31.8 Å². The van der Waals surface area contributed by atoms with Crippen LogP contribution in [0.3, 0.4) is 0 Å². The number of aliphatic hydroxyl groups is 1. The van der Waals surface area contributed by atoms with Crippen molar-refractivity contribution in [1.82, 2.24) is 44.3 Å². The molecule has 2 aromatic carbocycles. The van der Waals surface area contributed by atoms with E-state index < -0.39 is 84.3 Å². The molecule has 23 heteroatoms. The van der Waals surface area contributed by atoms with Gasteiger partial charge in [-0.05, 0) is 67.3 Å². The molecule has 3 atom stereocenters. The molecule has 0 spiro atoms. The van der Waals surface area contributed by atoms with E-state index >= 15 is 4.39 Å². The number of hydrogen-bond acceptors (Lipinski definition) is 14. The van der Waals surface area contributed by atoms with Gasteiger partial charge in [0.25, 0.3) is 17.4 Å². The molecule has 3 aliphatic heterocycles. The summed E-state index contributed by atoms with van der Waals surface area (Å²) in [6.45, 7) is 1.30. The van der Waals surface area contributed by atoms with Crippen LogP contribution in [-0.2, 0) is 84.2 Å². The highest BCUT2D eigenvalue weighted by atomic mass is 19.1. The number of carbonyl (C=O) groups is 9. The minimum absolute atomic E-state index is 0.0497. The maximum absolute atomic E-state index is 15.5. The maximum Gasteiger partial charge on any atom is 0.343 e. The first-order valence-electron chi connectivity index (χ1n) is 26.5. The molecule has 8 amide bonds. The van der Waals surface area contributed by atoms with Crippen LogP contribution in [0.1, 0.15) is 90.4 Å². The lowest BCUT2D eigenvalue weighted by atomic mass is 9.81. The number of rotatable bonds is 22. The predicted molar refractivity (Wildman–Crippen MR) is 286 cm³/mol. The molecule has 80 heavy (non-hydrogen) atoms. The van der Waals surface area contributed by atoms with Gasteiger partial charge in [-0.1, -0.05) is 43.7 Å². The summed E-state index contributed by atoms with van der Waals surface area (Å²) in [5, 5.41) is 15.1. The molecule has 4 aromatic rings. The fourth-order valence-corrected chi connectivity index (χ4v) is 10.7. The van der Waals surface area contributed by atoms with E-state index in [9.17, 15) is 53.1 Å². The summed E-state index contributed by atoms with van der Waals surface area (Å²) in [5.74, 6) is -5.09. The van der Waals surface area contributed by atoms with E-state index in [1.165, 1.54) is 82.5 Å². The third-order valence-electron chi connectivity index (χ3n) is 15.6. The molecule has 2 N–H and O–H groups in total. The quantitative estimate of drug-likeness (QED) is 0.0435. The molecule has 0 unspecified atom stereocenters. The van der Waals surface area contributed by atoms with Gasteiger partial charge in [0.2, 0.25) is 35.4 Å². The second-order valence-corrected chi connectivity index (χ2v) is 20.9. The number of likely N-dealkylation sites (N-methyl/N-ethyl adjacent to an activating group) is 5. The van der Waals surface area contributed by atoms with Gasteiger partial charge in [-0.25, -0.2) is 14.2 Å². The Morgan fingerprint density at radius 2 is 1.51 bits per heavy atom. The largest absolute Gasteiger partial charge is 0.458 e. The molecule has 1 aliphatic carbocycles. The number of ether oxygens (including phenoxy) is 2. The van der Waals surface area contributed by atoms with Crippen molar-refractivity contribution < 1.29 is 62.1 Å². The second-order valence-electron chi connectivity index (χ2n) is 20.9. The Morgan fingerprint density at radius 3 is 2.21 bits per heavy atom. The van der Waals surface area contributed by atoms with E-state index in [0.717, 1.165) is 16.0 Å². The fourth-order valence-electron chi connectivity index (χ4n) is 10.7. The molecule has 4 aliphatic rings. The Labute approximate surface area is 461 Å². The van der Waals surface area contributed by atoms with E-state index in [1.807, 2.05) is 0 Å². The van der Waals surface area contributed by atoms with Gasteiger partial charge in [-0.2, -0.15) is 0 Å². The van der Waals surface area contributed by atoms with Gasteiger partial charge < -0.3 is 49.0 Å². The molecule has 22 nitrogen and oxygen atoms in total. The number of nitrogens with zero attached hydrogens (tertiary/aromatic N) is 8. The van der Waals surface area contributed by atoms with Crippen LogP contribution < -0.4 is 10.9 Å². The molecular weight excluding hydrogens is 1040 g/mol. The Hall–Kier alpha value is -8.18. The van der Waals surface area contributed by atoms with Gasteiger partial charge in [0, 0.05) is 89.4 Å². The lowest BCUT2D eigenvalue weighted by molar-refractivity contribution is -0.172. The average Bonchev–Trinajstić information content (AvgIpc) is 4.10. The normalized spacial score (nSPS) is 17.1. The Balaban J connectivity index is 0.857. The van der Waals surface area contributed by atoms with Crippen LogP contribution in [0.4, 0.5) is 4.39 Å². The molecule has 0 saturated heterocycles. The Bertz CT molecular complexity index is 3270. The van der Waals surface area contributed by atoms with E-state index in [2.05, 4.69) is 5.32 Å². The fraction of sp³-hybridized carbons (Fsp3) is 0.456. The van der Waals surface area contributed by atoms with Crippen LogP contribution >= 0.6 is 0 Å². The minimum Gasteiger partial charge on any atom is -0.458 e. The van der Waals surface area contributed by atoms with Gasteiger partial charge in [0.15, 0.2) is 5.60 Å². The van der Waals surface area contributed by atoms with Crippen LogP contribution in [0.5, 0.6) is 0 Å². The van der Waals surface area contributed by atoms with Crippen molar-refractivity contribution >= 4 is 64.1 Å². The molecule has 0 radical (unpaired) electrons. The number of amides is 8. The Kier molecular flexibility index (Phi) is 17.4. The number of esters is 1. The minimum atomic E-state index is -2.06.